The molecular formula is C4H2F6O2. The van der Waals surface area contributed by atoms with Crippen LogP contribution in [0.5, 0.6) is 0 Å². The molecule has 0 heterocycles. The highest BCUT2D eigenvalue weighted by Crippen LogP contribution is 2.36. The molecule has 0 unspecified atom stereocenters. The Morgan fingerprint density at radius 1 is 1.17 bits per heavy atom. The molecule has 0 saturated carbocycles. The van der Waals surface area contributed by atoms with Gasteiger partial charge in [0.25, 0.3) is 0 Å². The molecule has 2 nitrogen and oxygen atoms in total. The summed E-state index contributed by atoms with van der Waals surface area (Å²) in [4.78, 5) is 9.33. The number of rotatable bonds is 3. The second-order valence-corrected chi connectivity index (χ2v) is 1.66. The molecule has 0 amide bonds. The molecule has 8 heteroatoms. The van der Waals surface area contributed by atoms with E-state index in [0.717, 1.165) is 0 Å². The Bertz CT molecular complexity index is 173. The molecule has 0 aliphatic carbocycles. The molecule has 0 aliphatic heterocycles. The Morgan fingerprint density at radius 2 is 1.58 bits per heavy atom. The van der Waals surface area contributed by atoms with E-state index in [4.69, 9.17) is 0 Å². The quantitative estimate of drug-likeness (QED) is 0.506. The summed E-state index contributed by atoms with van der Waals surface area (Å²) in [5, 5.41) is 0. The van der Waals surface area contributed by atoms with Crippen LogP contribution in [0.15, 0.2) is 0 Å². The van der Waals surface area contributed by atoms with E-state index in [2.05, 4.69) is 4.74 Å². The van der Waals surface area contributed by atoms with Crippen molar-refractivity contribution in [3.05, 3.63) is 0 Å². The molecule has 0 aromatic rings. The van der Waals surface area contributed by atoms with E-state index in [1.807, 2.05) is 0 Å². The van der Waals surface area contributed by atoms with E-state index < -0.39 is 24.9 Å². The fourth-order valence-corrected chi connectivity index (χ4v) is 0.229. The lowest BCUT2D eigenvalue weighted by Crippen LogP contribution is -2.40. The first-order chi connectivity index (χ1) is 5.17. The summed E-state index contributed by atoms with van der Waals surface area (Å²) in [5.74, 6) is 0. The highest BCUT2D eigenvalue weighted by atomic mass is 19.4. The summed E-state index contributed by atoms with van der Waals surface area (Å²) in [7, 11) is 0. The third-order valence-corrected chi connectivity index (χ3v) is 0.697. The lowest BCUT2D eigenvalue weighted by atomic mass is 10.6. The summed E-state index contributed by atoms with van der Waals surface area (Å²) in [5.41, 5.74) is 0. The number of halogens is 6. The fraction of sp³-hybridized carbons (Fsp3) is 0.750. The number of hydrogen-bond donors (Lipinski definition) is 0. The van der Waals surface area contributed by atoms with Gasteiger partial charge < -0.3 is 4.74 Å². The van der Waals surface area contributed by atoms with E-state index in [9.17, 15) is 31.1 Å². The van der Waals surface area contributed by atoms with Crippen molar-refractivity contribution in [2.24, 2.45) is 0 Å². The minimum Gasteiger partial charge on any atom is -0.302 e. The van der Waals surface area contributed by atoms with Crippen molar-refractivity contribution < 1.29 is 35.9 Å². The zero-order valence-electron chi connectivity index (χ0n) is 5.29. The maximum absolute atomic E-state index is 11.6. The van der Waals surface area contributed by atoms with E-state index in [0.29, 0.717) is 0 Å². The zero-order chi connectivity index (χ0) is 9.99. The van der Waals surface area contributed by atoms with Crippen molar-refractivity contribution in [3.63, 3.8) is 0 Å². The Morgan fingerprint density at radius 3 is 1.83 bits per heavy atom. The summed E-state index contributed by atoms with van der Waals surface area (Å²) in [6.07, 6.45) is -11.4. The fourth-order valence-electron chi connectivity index (χ4n) is 0.229. The summed E-state index contributed by atoms with van der Waals surface area (Å²) in [6, 6.07) is -2.40. The average Bonchev–Trinajstić information content (AvgIpc) is 1.81. The maximum Gasteiger partial charge on any atom is 0.482 e. The number of alkyl halides is 5. The van der Waals surface area contributed by atoms with Crippen LogP contribution in [-0.2, 0) is 9.53 Å². The molecular weight excluding hydrogens is 194 g/mol. The van der Waals surface area contributed by atoms with Crippen molar-refractivity contribution >= 4 is 6.04 Å². The minimum absolute atomic E-state index is 1.92. The van der Waals surface area contributed by atoms with Gasteiger partial charge in [-0.25, -0.2) is 0 Å². The van der Waals surface area contributed by atoms with E-state index in [1.165, 1.54) is 0 Å². The van der Waals surface area contributed by atoms with Crippen molar-refractivity contribution in [1.29, 1.82) is 0 Å². The number of carbonyl (C=O) groups excluding carboxylic acids is 1. The van der Waals surface area contributed by atoms with Crippen molar-refractivity contribution in [2.45, 2.75) is 12.3 Å². The number of carbonyl (C=O) groups is 1. The van der Waals surface area contributed by atoms with Gasteiger partial charge in [-0.05, 0) is 0 Å². The van der Waals surface area contributed by atoms with Crippen LogP contribution in [0, 0.1) is 0 Å². The zero-order valence-corrected chi connectivity index (χ0v) is 5.29. The molecule has 0 aromatic heterocycles. The molecule has 0 atom stereocenters. The lowest BCUT2D eigenvalue weighted by molar-refractivity contribution is -0.388. The highest BCUT2D eigenvalue weighted by Gasteiger charge is 2.59. The van der Waals surface area contributed by atoms with Crippen LogP contribution in [0.3, 0.4) is 0 Å². The first-order valence-electron chi connectivity index (χ1n) is 2.43. The SMILES string of the molecule is O=C(F)COC(F)(F)C(F)(F)F. The van der Waals surface area contributed by atoms with Gasteiger partial charge in [0.1, 0.15) is 6.61 Å². The topological polar surface area (TPSA) is 26.3 Å². The molecule has 0 rings (SSSR count). The van der Waals surface area contributed by atoms with Gasteiger partial charge in [-0.1, -0.05) is 0 Å². The molecule has 0 N–H and O–H groups in total. The smallest absolute Gasteiger partial charge is 0.302 e. The Kier molecular flexibility index (Phi) is 3.08. The van der Waals surface area contributed by atoms with Gasteiger partial charge in [0.05, 0.1) is 0 Å². The molecule has 0 saturated heterocycles. The molecule has 0 bridgehead atoms. The largest absolute Gasteiger partial charge is 0.482 e. The molecule has 0 radical (unpaired) electrons. The van der Waals surface area contributed by atoms with E-state index in [-0.39, 0.29) is 0 Å². The minimum atomic E-state index is -5.94. The highest BCUT2D eigenvalue weighted by molar-refractivity contribution is 5.69. The predicted molar refractivity (Wildman–Crippen MR) is 23.1 cm³/mol. The van der Waals surface area contributed by atoms with Gasteiger partial charge in [-0.15, -0.1) is 0 Å². The Labute approximate surface area is 62.1 Å². The summed E-state index contributed by atoms with van der Waals surface area (Å²) < 4.78 is 70.6. The third kappa shape index (κ3) is 3.07. The van der Waals surface area contributed by atoms with Crippen LogP contribution in [0.25, 0.3) is 0 Å². The first kappa shape index (κ1) is 11.2. The van der Waals surface area contributed by atoms with Crippen LogP contribution in [0.2, 0.25) is 0 Å². The van der Waals surface area contributed by atoms with Gasteiger partial charge >= 0.3 is 18.3 Å². The standard InChI is InChI=1S/C4H2F6O2/c5-2(11)1-12-4(9,10)3(6,7)8/h1H2. The second kappa shape index (κ2) is 3.30. The predicted octanol–water partition coefficient (Wildman–Crippen LogP) is 1.65. The number of ether oxygens (including phenoxy) is 1. The molecule has 0 spiro atoms. The van der Waals surface area contributed by atoms with Crippen molar-refractivity contribution in [2.75, 3.05) is 6.61 Å². The van der Waals surface area contributed by atoms with E-state index in [1.54, 1.807) is 0 Å². The summed E-state index contributed by atoms with van der Waals surface area (Å²) in [6.45, 7) is -1.92. The third-order valence-electron chi connectivity index (χ3n) is 0.697. The molecule has 12 heavy (non-hydrogen) atoms. The Hall–Kier alpha value is -0.790. The lowest BCUT2D eigenvalue weighted by Gasteiger charge is -2.17. The van der Waals surface area contributed by atoms with Gasteiger partial charge in [0, 0.05) is 0 Å². The first-order valence-corrected chi connectivity index (χ1v) is 2.43. The molecule has 0 aliphatic rings. The van der Waals surface area contributed by atoms with Crippen LogP contribution < -0.4 is 0 Å². The molecule has 0 fully saturated rings. The molecule has 72 valence electrons. The number of hydrogen-bond acceptors (Lipinski definition) is 2. The van der Waals surface area contributed by atoms with Gasteiger partial charge in [0.15, 0.2) is 0 Å². The molecule has 0 aromatic carbocycles. The van der Waals surface area contributed by atoms with Crippen molar-refractivity contribution in [1.82, 2.24) is 0 Å². The van der Waals surface area contributed by atoms with E-state index >= 15 is 0 Å². The van der Waals surface area contributed by atoms with Crippen LogP contribution in [0.1, 0.15) is 0 Å². The van der Waals surface area contributed by atoms with Crippen LogP contribution >= 0.6 is 0 Å². The van der Waals surface area contributed by atoms with Crippen LogP contribution in [0.4, 0.5) is 26.3 Å². The normalized spacial score (nSPS) is 13.2. The Balaban J connectivity index is 4.14. The van der Waals surface area contributed by atoms with Crippen LogP contribution in [-0.4, -0.2) is 24.9 Å². The average molecular weight is 196 g/mol. The second-order valence-electron chi connectivity index (χ2n) is 1.66. The van der Waals surface area contributed by atoms with Crippen molar-refractivity contribution in [3.8, 4) is 0 Å². The van der Waals surface area contributed by atoms with Gasteiger partial charge in [-0.2, -0.15) is 26.3 Å². The van der Waals surface area contributed by atoms with Gasteiger partial charge in [0.2, 0.25) is 0 Å². The van der Waals surface area contributed by atoms with Gasteiger partial charge in [-0.3, -0.25) is 4.79 Å². The monoisotopic (exact) mass is 196 g/mol. The summed E-state index contributed by atoms with van der Waals surface area (Å²) >= 11 is 0. The maximum atomic E-state index is 11.6.